The molecule has 0 spiro atoms. The standard InChI is InChI=1S/C22H40N4O3/c1-23-10-11-26(2)15-19-14-24-25-21(19)18-4-8-22(9-5-18,16-27-3)17-29-20-6-12-28-13-7-20/h14,18,20,23H,4-13,15-17H2,1-3H3,(H,24,25). The number of hydrogen-bond acceptors (Lipinski definition) is 6. The van der Waals surface area contributed by atoms with Crippen LogP contribution >= 0.6 is 0 Å². The summed E-state index contributed by atoms with van der Waals surface area (Å²) in [7, 11) is 5.99. The number of ether oxygens (including phenoxy) is 3. The van der Waals surface area contributed by atoms with Gasteiger partial charge in [-0.05, 0) is 52.6 Å². The maximum absolute atomic E-state index is 6.33. The van der Waals surface area contributed by atoms with E-state index in [0.717, 1.165) is 84.6 Å². The van der Waals surface area contributed by atoms with Gasteiger partial charge in [-0.15, -0.1) is 0 Å². The molecule has 1 aliphatic heterocycles. The van der Waals surface area contributed by atoms with Crippen LogP contribution in [0.5, 0.6) is 0 Å². The molecular weight excluding hydrogens is 368 g/mol. The van der Waals surface area contributed by atoms with Crippen molar-refractivity contribution in [1.29, 1.82) is 0 Å². The van der Waals surface area contributed by atoms with Gasteiger partial charge in [-0.1, -0.05) is 0 Å². The van der Waals surface area contributed by atoms with Crippen LogP contribution in [-0.4, -0.2) is 81.9 Å². The predicted octanol–water partition coefficient (Wildman–Crippen LogP) is 2.55. The van der Waals surface area contributed by atoms with Crippen molar-refractivity contribution < 1.29 is 14.2 Å². The SMILES string of the molecule is CNCCN(C)Cc1cn[nH]c1C1CCC(COC)(COC2CCOCC2)CC1. The molecule has 2 aliphatic rings. The molecule has 1 aliphatic carbocycles. The normalized spacial score (nSPS) is 26.3. The molecule has 7 heteroatoms. The van der Waals surface area contributed by atoms with Crippen molar-refractivity contribution in [3.8, 4) is 0 Å². The van der Waals surface area contributed by atoms with Gasteiger partial charge >= 0.3 is 0 Å². The molecule has 0 aromatic carbocycles. The summed E-state index contributed by atoms with van der Waals surface area (Å²) in [6, 6.07) is 0. The van der Waals surface area contributed by atoms with Gasteiger partial charge in [0.15, 0.2) is 0 Å². The van der Waals surface area contributed by atoms with Crippen LogP contribution in [0.15, 0.2) is 6.20 Å². The second kappa shape index (κ2) is 11.4. The van der Waals surface area contributed by atoms with Gasteiger partial charge in [0.2, 0.25) is 0 Å². The molecule has 1 saturated heterocycles. The Morgan fingerprint density at radius 3 is 2.69 bits per heavy atom. The van der Waals surface area contributed by atoms with E-state index in [9.17, 15) is 0 Å². The number of H-pyrrole nitrogens is 1. The quantitative estimate of drug-likeness (QED) is 0.586. The fraction of sp³-hybridized carbons (Fsp3) is 0.864. The Morgan fingerprint density at radius 2 is 2.00 bits per heavy atom. The van der Waals surface area contributed by atoms with Gasteiger partial charge in [0.05, 0.1) is 25.5 Å². The molecule has 1 aromatic rings. The third-order valence-electron chi connectivity index (χ3n) is 6.63. The molecule has 0 atom stereocenters. The van der Waals surface area contributed by atoms with Gasteiger partial charge in [-0.3, -0.25) is 5.10 Å². The monoisotopic (exact) mass is 408 g/mol. The van der Waals surface area contributed by atoms with E-state index >= 15 is 0 Å². The Balaban J connectivity index is 1.54. The first kappa shape index (κ1) is 22.7. The van der Waals surface area contributed by atoms with Crippen LogP contribution in [-0.2, 0) is 20.8 Å². The van der Waals surface area contributed by atoms with Crippen molar-refractivity contribution in [3.05, 3.63) is 17.5 Å². The minimum atomic E-state index is 0.146. The molecular formula is C22H40N4O3. The highest BCUT2D eigenvalue weighted by Gasteiger charge is 2.38. The van der Waals surface area contributed by atoms with Gasteiger partial charge in [-0.2, -0.15) is 5.10 Å². The van der Waals surface area contributed by atoms with E-state index in [1.807, 2.05) is 20.4 Å². The zero-order valence-electron chi connectivity index (χ0n) is 18.5. The summed E-state index contributed by atoms with van der Waals surface area (Å²) in [4.78, 5) is 2.35. The summed E-state index contributed by atoms with van der Waals surface area (Å²) in [6.07, 6.45) is 9.00. The number of hydrogen-bond donors (Lipinski definition) is 2. The molecule has 1 saturated carbocycles. The van der Waals surface area contributed by atoms with E-state index in [2.05, 4.69) is 27.5 Å². The second-order valence-electron chi connectivity index (χ2n) is 8.98. The van der Waals surface area contributed by atoms with Gasteiger partial charge < -0.3 is 24.4 Å². The van der Waals surface area contributed by atoms with Gasteiger partial charge in [0, 0.05) is 62.5 Å². The van der Waals surface area contributed by atoms with Crippen LogP contribution in [0.1, 0.15) is 55.7 Å². The van der Waals surface area contributed by atoms with Gasteiger partial charge in [0.1, 0.15) is 0 Å². The fourth-order valence-corrected chi connectivity index (χ4v) is 4.77. The van der Waals surface area contributed by atoms with Gasteiger partial charge in [-0.25, -0.2) is 0 Å². The average molecular weight is 409 g/mol. The highest BCUT2D eigenvalue weighted by Crippen LogP contribution is 2.44. The Morgan fingerprint density at radius 1 is 1.24 bits per heavy atom. The van der Waals surface area contributed by atoms with Crippen LogP contribution in [0.25, 0.3) is 0 Å². The lowest BCUT2D eigenvalue weighted by atomic mass is 9.70. The van der Waals surface area contributed by atoms with Crippen LogP contribution in [0.2, 0.25) is 0 Å². The number of aromatic nitrogens is 2. The Hall–Kier alpha value is -0.990. The largest absolute Gasteiger partial charge is 0.384 e. The topological polar surface area (TPSA) is 71.6 Å². The number of methoxy groups -OCH3 is 1. The molecule has 2 N–H and O–H groups in total. The van der Waals surface area contributed by atoms with E-state index in [-0.39, 0.29) is 5.41 Å². The zero-order valence-corrected chi connectivity index (χ0v) is 18.5. The van der Waals surface area contributed by atoms with Crippen molar-refractivity contribution in [1.82, 2.24) is 20.4 Å². The first-order valence-corrected chi connectivity index (χ1v) is 11.2. The van der Waals surface area contributed by atoms with E-state index in [1.54, 1.807) is 0 Å². The highest BCUT2D eigenvalue weighted by atomic mass is 16.5. The van der Waals surface area contributed by atoms with Crippen molar-refractivity contribution in [2.45, 2.75) is 57.1 Å². The minimum absolute atomic E-state index is 0.146. The molecule has 29 heavy (non-hydrogen) atoms. The minimum Gasteiger partial charge on any atom is -0.384 e. The molecule has 1 aromatic heterocycles. The lowest BCUT2D eigenvalue weighted by molar-refractivity contribution is -0.0886. The van der Waals surface area contributed by atoms with Crippen molar-refractivity contribution in [2.75, 3.05) is 60.7 Å². The summed E-state index contributed by atoms with van der Waals surface area (Å²) in [5.74, 6) is 0.554. The maximum Gasteiger partial charge on any atom is 0.0619 e. The summed E-state index contributed by atoms with van der Waals surface area (Å²) >= 11 is 0. The number of likely N-dealkylation sites (N-methyl/N-ethyl adjacent to an activating group) is 2. The van der Waals surface area contributed by atoms with Crippen LogP contribution in [0.4, 0.5) is 0 Å². The van der Waals surface area contributed by atoms with Crippen LogP contribution in [0.3, 0.4) is 0 Å². The fourth-order valence-electron chi connectivity index (χ4n) is 4.77. The third-order valence-corrected chi connectivity index (χ3v) is 6.63. The second-order valence-corrected chi connectivity index (χ2v) is 8.98. The van der Waals surface area contributed by atoms with E-state index in [1.165, 1.54) is 11.3 Å². The molecule has 0 bridgehead atoms. The Kier molecular flexibility index (Phi) is 8.93. The maximum atomic E-state index is 6.33. The van der Waals surface area contributed by atoms with Gasteiger partial charge in [0.25, 0.3) is 0 Å². The summed E-state index contributed by atoms with van der Waals surface area (Å²) < 4.78 is 17.4. The smallest absolute Gasteiger partial charge is 0.0619 e. The lowest BCUT2D eigenvalue weighted by Gasteiger charge is -2.40. The number of nitrogens with one attached hydrogen (secondary N) is 2. The summed E-state index contributed by atoms with van der Waals surface area (Å²) in [6.45, 7) is 6.23. The van der Waals surface area contributed by atoms with E-state index < -0.39 is 0 Å². The molecule has 0 unspecified atom stereocenters. The molecule has 2 fully saturated rings. The van der Waals surface area contributed by atoms with Crippen molar-refractivity contribution >= 4 is 0 Å². The molecule has 2 heterocycles. The molecule has 0 amide bonds. The van der Waals surface area contributed by atoms with Crippen LogP contribution < -0.4 is 5.32 Å². The number of rotatable bonds is 11. The first-order valence-electron chi connectivity index (χ1n) is 11.2. The summed E-state index contributed by atoms with van der Waals surface area (Å²) in [5, 5.41) is 10.9. The van der Waals surface area contributed by atoms with E-state index in [4.69, 9.17) is 14.2 Å². The first-order chi connectivity index (χ1) is 14.2. The highest BCUT2D eigenvalue weighted by molar-refractivity contribution is 5.21. The van der Waals surface area contributed by atoms with E-state index in [0.29, 0.717) is 12.0 Å². The lowest BCUT2D eigenvalue weighted by Crippen LogP contribution is -2.38. The molecule has 3 rings (SSSR count). The predicted molar refractivity (Wildman–Crippen MR) is 114 cm³/mol. The number of aromatic amines is 1. The molecule has 7 nitrogen and oxygen atoms in total. The molecule has 0 radical (unpaired) electrons. The van der Waals surface area contributed by atoms with Crippen molar-refractivity contribution in [3.63, 3.8) is 0 Å². The Labute approximate surface area is 175 Å². The Bertz CT molecular complexity index is 580. The average Bonchev–Trinajstić information content (AvgIpc) is 3.20. The zero-order chi connectivity index (χ0) is 20.5. The molecule has 166 valence electrons. The summed E-state index contributed by atoms with van der Waals surface area (Å²) in [5.41, 5.74) is 2.82. The van der Waals surface area contributed by atoms with Crippen LogP contribution in [0, 0.1) is 5.41 Å². The third kappa shape index (κ3) is 6.49. The number of nitrogens with zero attached hydrogens (tertiary/aromatic N) is 2. The van der Waals surface area contributed by atoms with Crippen molar-refractivity contribution in [2.24, 2.45) is 5.41 Å².